The molecule has 18 heavy (non-hydrogen) atoms. The summed E-state index contributed by atoms with van der Waals surface area (Å²) in [5, 5.41) is 0. The molecule has 1 heterocycles. The van der Waals surface area contributed by atoms with E-state index in [1.807, 2.05) is 0 Å². The lowest BCUT2D eigenvalue weighted by Crippen LogP contribution is -2.54. The van der Waals surface area contributed by atoms with Gasteiger partial charge in [-0.1, -0.05) is 20.8 Å². The Morgan fingerprint density at radius 3 is 1.50 bits per heavy atom. The SMILES string of the molecule is CC(C)(C)N1CCCN(C(C)(C)C(C)(C)C)CC1. The lowest BCUT2D eigenvalue weighted by atomic mass is 9.75. The maximum Gasteiger partial charge on any atom is 0.0202 e. The molecule has 2 nitrogen and oxygen atoms in total. The van der Waals surface area contributed by atoms with Crippen molar-refractivity contribution >= 4 is 0 Å². The van der Waals surface area contributed by atoms with Gasteiger partial charge in [-0.25, -0.2) is 0 Å². The van der Waals surface area contributed by atoms with Gasteiger partial charge in [-0.3, -0.25) is 9.80 Å². The highest BCUT2D eigenvalue weighted by Gasteiger charge is 2.39. The molecular weight excluding hydrogens is 220 g/mol. The van der Waals surface area contributed by atoms with Crippen molar-refractivity contribution in [3.8, 4) is 0 Å². The van der Waals surface area contributed by atoms with E-state index in [-0.39, 0.29) is 5.54 Å². The predicted octanol–water partition coefficient (Wildman–Crippen LogP) is 3.62. The van der Waals surface area contributed by atoms with E-state index in [2.05, 4.69) is 65.2 Å². The van der Waals surface area contributed by atoms with Crippen molar-refractivity contribution in [1.82, 2.24) is 9.80 Å². The highest BCUT2D eigenvalue weighted by molar-refractivity contribution is 4.94. The molecule has 0 aromatic rings. The maximum absolute atomic E-state index is 2.69. The molecule has 0 radical (unpaired) electrons. The normalized spacial score (nSPS) is 22.0. The molecule has 0 bridgehead atoms. The van der Waals surface area contributed by atoms with Gasteiger partial charge < -0.3 is 0 Å². The van der Waals surface area contributed by atoms with Crippen LogP contribution < -0.4 is 0 Å². The monoisotopic (exact) mass is 254 g/mol. The molecular formula is C16H34N2. The molecule has 1 rings (SSSR count). The molecule has 0 saturated carbocycles. The maximum atomic E-state index is 2.69. The van der Waals surface area contributed by atoms with Gasteiger partial charge in [0.2, 0.25) is 0 Å². The van der Waals surface area contributed by atoms with E-state index in [0.717, 1.165) is 0 Å². The minimum absolute atomic E-state index is 0.265. The van der Waals surface area contributed by atoms with Gasteiger partial charge in [0.25, 0.3) is 0 Å². The van der Waals surface area contributed by atoms with Gasteiger partial charge >= 0.3 is 0 Å². The smallest absolute Gasteiger partial charge is 0.0202 e. The van der Waals surface area contributed by atoms with Crippen LogP contribution >= 0.6 is 0 Å². The molecule has 2 heteroatoms. The van der Waals surface area contributed by atoms with Crippen LogP contribution in [0.25, 0.3) is 0 Å². The van der Waals surface area contributed by atoms with Crippen molar-refractivity contribution in [2.24, 2.45) is 5.41 Å². The Bertz CT molecular complexity index is 268. The zero-order valence-corrected chi connectivity index (χ0v) is 13.9. The largest absolute Gasteiger partial charge is 0.297 e. The Morgan fingerprint density at radius 1 is 0.611 bits per heavy atom. The second kappa shape index (κ2) is 5.13. The molecule has 0 N–H and O–H groups in total. The predicted molar refractivity (Wildman–Crippen MR) is 81.1 cm³/mol. The van der Waals surface area contributed by atoms with Gasteiger partial charge in [0.1, 0.15) is 0 Å². The van der Waals surface area contributed by atoms with Crippen LogP contribution in [0.5, 0.6) is 0 Å². The first-order valence-corrected chi connectivity index (χ1v) is 7.46. The molecule has 0 aliphatic carbocycles. The summed E-state index contributed by atoms with van der Waals surface area (Å²) < 4.78 is 0. The first kappa shape index (κ1) is 16.0. The second-order valence-electron chi connectivity index (χ2n) is 8.31. The third kappa shape index (κ3) is 3.48. The summed E-state index contributed by atoms with van der Waals surface area (Å²) in [4.78, 5) is 5.32. The molecule has 1 fully saturated rings. The summed E-state index contributed by atoms with van der Waals surface area (Å²) >= 11 is 0. The summed E-state index contributed by atoms with van der Waals surface area (Å²) in [6, 6.07) is 0. The van der Waals surface area contributed by atoms with Gasteiger partial charge in [-0.15, -0.1) is 0 Å². The van der Waals surface area contributed by atoms with E-state index in [1.54, 1.807) is 0 Å². The van der Waals surface area contributed by atoms with Crippen molar-refractivity contribution in [3.05, 3.63) is 0 Å². The van der Waals surface area contributed by atoms with Crippen molar-refractivity contribution in [1.29, 1.82) is 0 Å². The average Bonchev–Trinajstić information content (AvgIpc) is 2.39. The molecule has 108 valence electrons. The minimum Gasteiger partial charge on any atom is -0.297 e. The van der Waals surface area contributed by atoms with E-state index in [4.69, 9.17) is 0 Å². The standard InChI is InChI=1S/C16H34N2/c1-14(2,3)16(7,8)18-11-9-10-17(12-13-18)15(4,5)6/h9-13H2,1-8H3. The van der Waals surface area contributed by atoms with Crippen LogP contribution in [0.15, 0.2) is 0 Å². The number of hydrogen-bond acceptors (Lipinski definition) is 2. The third-order valence-electron chi connectivity index (χ3n) is 5.07. The summed E-state index contributed by atoms with van der Waals surface area (Å²) in [7, 11) is 0. The zero-order valence-electron chi connectivity index (χ0n) is 13.9. The van der Waals surface area contributed by atoms with Gasteiger partial charge in [0.15, 0.2) is 0 Å². The lowest BCUT2D eigenvalue weighted by molar-refractivity contribution is 0.0223. The van der Waals surface area contributed by atoms with Crippen LogP contribution in [0.3, 0.4) is 0 Å². The molecule has 1 aliphatic rings. The van der Waals surface area contributed by atoms with E-state index >= 15 is 0 Å². The van der Waals surface area contributed by atoms with E-state index in [0.29, 0.717) is 11.0 Å². The fourth-order valence-corrected chi connectivity index (χ4v) is 2.62. The molecule has 1 saturated heterocycles. The van der Waals surface area contributed by atoms with Gasteiger partial charge in [0.05, 0.1) is 0 Å². The molecule has 0 aromatic heterocycles. The van der Waals surface area contributed by atoms with Crippen molar-refractivity contribution < 1.29 is 0 Å². The fraction of sp³-hybridized carbons (Fsp3) is 1.00. The van der Waals surface area contributed by atoms with Crippen LogP contribution in [0.4, 0.5) is 0 Å². The van der Waals surface area contributed by atoms with Crippen molar-refractivity contribution in [2.45, 2.75) is 72.9 Å². The van der Waals surface area contributed by atoms with Gasteiger partial charge in [-0.2, -0.15) is 0 Å². The Hall–Kier alpha value is -0.0800. The summed E-state index contributed by atoms with van der Waals surface area (Å²) in [6.07, 6.45) is 1.29. The van der Waals surface area contributed by atoms with Crippen LogP contribution in [0, 0.1) is 5.41 Å². The summed E-state index contributed by atoms with van der Waals surface area (Å²) in [5.74, 6) is 0. The number of nitrogens with zero attached hydrogens (tertiary/aromatic N) is 2. The Labute approximate surface area is 115 Å². The van der Waals surface area contributed by atoms with Crippen molar-refractivity contribution in [3.63, 3.8) is 0 Å². The first-order valence-electron chi connectivity index (χ1n) is 7.46. The van der Waals surface area contributed by atoms with Crippen LogP contribution in [-0.2, 0) is 0 Å². The first-order chi connectivity index (χ1) is 7.96. The van der Waals surface area contributed by atoms with Crippen LogP contribution in [-0.4, -0.2) is 47.1 Å². The molecule has 0 atom stereocenters. The Kier molecular flexibility index (Phi) is 4.55. The summed E-state index contributed by atoms with van der Waals surface area (Å²) in [6.45, 7) is 23.7. The molecule has 1 aliphatic heterocycles. The third-order valence-corrected chi connectivity index (χ3v) is 5.07. The Morgan fingerprint density at radius 2 is 1.06 bits per heavy atom. The van der Waals surface area contributed by atoms with Gasteiger partial charge in [-0.05, 0) is 59.5 Å². The second-order valence-corrected chi connectivity index (χ2v) is 8.31. The van der Waals surface area contributed by atoms with Crippen LogP contribution in [0.2, 0.25) is 0 Å². The van der Waals surface area contributed by atoms with E-state index in [1.165, 1.54) is 32.6 Å². The zero-order chi connectivity index (χ0) is 14.2. The molecule has 0 spiro atoms. The average molecular weight is 254 g/mol. The quantitative estimate of drug-likeness (QED) is 0.705. The van der Waals surface area contributed by atoms with Crippen molar-refractivity contribution in [2.75, 3.05) is 26.2 Å². The topological polar surface area (TPSA) is 6.48 Å². The number of rotatable bonds is 1. The molecule has 0 unspecified atom stereocenters. The fourth-order valence-electron chi connectivity index (χ4n) is 2.62. The lowest BCUT2D eigenvalue weighted by Gasteiger charge is -2.47. The summed E-state index contributed by atoms with van der Waals surface area (Å²) in [5.41, 5.74) is 0.896. The van der Waals surface area contributed by atoms with Crippen LogP contribution in [0.1, 0.15) is 61.8 Å². The van der Waals surface area contributed by atoms with E-state index in [9.17, 15) is 0 Å². The number of hydrogen-bond donors (Lipinski definition) is 0. The Balaban J connectivity index is 2.74. The van der Waals surface area contributed by atoms with E-state index < -0.39 is 0 Å². The molecule has 0 amide bonds. The highest BCUT2D eigenvalue weighted by atomic mass is 15.3. The molecule has 0 aromatic carbocycles. The minimum atomic E-state index is 0.265. The highest BCUT2D eigenvalue weighted by Crippen LogP contribution is 2.35. The van der Waals surface area contributed by atoms with Gasteiger partial charge in [0, 0.05) is 24.2 Å².